The lowest BCUT2D eigenvalue weighted by Crippen LogP contribution is -2.49. The molecule has 0 radical (unpaired) electrons. The summed E-state index contributed by atoms with van der Waals surface area (Å²) in [6.45, 7) is 11.5. The van der Waals surface area contributed by atoms with Crippen molar-refractivity contribution in [2.45, 2.75) is 58.4 Å². The highest BCUT2D eigenvalue weighted by Gasteiger charge is 2.46. The number of hydrogen-bond donors (Lipinski definition) is 1. The Balaban J connectivity index is 0.00000192. The van der Waals surface area contributed by atoms with Crippen molar-refractivity contribution in [3.05, 3.63) is 41.0 Å². The van der Waals surface area contributed by atoms with Crippen molar-refractivity contribution >= 4 is 12.4 Å². The molecule has 0 saturated carbocycles. The molecule has 1 aromatic carbocycles. The van der Waals surface area contributed by atoms with E-state index in [9.17, 15) is 5.11 Å². The van der Waals surface area contributed by atoms with Gasteiger partial charge in [0.15, 0.2) is 0 Å². The summed E-state index contributed by atoms with van der Waals surface area (Å²) in [5.41, 5.74) is 4.42. The molecule has 2 aliphatic rings. The van der Waals surface area contributed by atoms with Crippen LogP contribution in [0.2, 0.25) is 0 Å². The minimum absolute atomic E-state index is 0. The molecule has 0 amide bonds. The van der Waals surface area contributed by atoms with Crippen LogP contribution in [0, 0.1) is 5.92 Å². The van der Waals surface area contributed by atoms with Crippen LogP contribution in [0.1, 0.15) is 51.7 Å². The van der Waals surface area contributed by atoms with Crippen molar-refractivity contribution in [3.63, 3.8) is 0 Å². The van der Waals surface area contributed by atoms with Crippen molar-refractivity contribution < 1.29 is 5.11 Å². The SMILES string of the molecule is CC(C)=CCN1CCC[C@]2(C)c3cc(O)ccc3C[C@H]1[C@@H]2C.Cl. The fraction of sp³-hybridized carbons (Fsp3) is 0.600. The number of nitrogens with zero attached hydrogens (tertiary/aromatic N) is 1. The lowest BCUT2D eigenvalue weighted by Gasteiger charge is -2.47. The molecular formula is C20H30ClNO. The van der Waals surface area contributed by atoms with E-state index in [0.29, 0.717) is 17.7 Å². The molecule has 0 spiro atoms. The number of halogens is 1. The fourth-order valence-corrected chi connectivity index (χ4v) is 4.50. The van der Waals surface area contributed by atoms with E-state index in [1.54, 1.807) is 0 Å². The predicted molar refractivity (Wildman–Crippen MR) is 99.6 cm³/mol. The Morgan fingerprint density at radius 2 is 2.13 bits per heavy atom. The van der Waals surface area contributed by atoms with Crippen molar-refractivity contribution in [1.29, 1.82) is 0 Å². The van der Waals surface area contributed by atoms with Crippen LogP contribution in [0.4, 0.5) is 0 Å². The lowest BCUT2D eigenvalue weighted by atomic mass is 9.61. The van der Waals surface area contributed by atoms with Gasteiger partial charge in [-0.15, -0.1) is 12.4 Å². The summed E-state index contributed by atoms with van der Waals surface area (Å²) in [6, 6.07) is 6.63. The maximum absolute atomic E-state index is 9.94. The standard InChI is InChI=1S/C20H29NO.ClH/c1-14(2)8-11-21-10-5-9-20(4)15(3)19(21)12-16-6-7-17(22)13-18(16)20;/h6-8,13,15,19,22H,5,9-12H2,1-4H3;1H/t15-,19-,20-;/m0./s1. The Kier molecular flexibility index (Phi) is 5.48. The number of hydrogen-bond acceptors (Lipinski definition) is 2. The molecule has 3 rings (SSSR count). The van der Waals surface area contributed by atoms with Crippen molar-refractivity contribution in [2.75, 3.05) is 13.1 Å². The average molecular weight is 336 g/mol. The van der Waals surface area contributed by atoms with E-state index in [-0.39, 0.29) is 17.8 Å². The first-order valence-electron chi connectivity index (χ1n) is 8.61. The molecule has 1 aromatic rings. The van der Waals surface area contributed by atoms with E-state index in [1.165, 1.54) is 36.1 Å². The zero-order valence-corrected chi connectivity index (χ0v) is 15.6. The fourth-order valence-electron chi connectivity index (χ4n) is 4.50. The van der Waals surface area contributed by atoms with Crippen LogP contribution in [0.3, 0.4) is 0 Å². The average Bonchev–Trinajstić information content (AvgIpc) is 2.54. The van der Waals surface area contributed by atoms with Crippen molar-refractivity contribution in [3.8, 4) is 5.75 Å². The van der Waals surface area contributed by atoms with E-state index in [1.807, 2.05) is 12.1 Å². The Bertz CT molecular complexity index is 593. The number of fused-ring (bicyclic) bond motifs is 4. The molecule has 1 aliphatic heterocycles. The van der Waals surface area contributed by atoms with Gasteiger partial charge in [0.05, 0.1) is 0 Å². The molecule has 1 fully saturated rings. The van der Waals surface area contributed by atoms with Gasteiger partial charge in [-0.2, -0.15) is 0 Å². The second-order valence-corrected chi connectivity index (χ2v) is 7.70. The Labute approximate surface area is 147 Å². The molecule has 3 atom stereocenters. The highest BCUT2D eigenvalue weighted by molar-refractivity contribution is 5.85. The van der Waals surface area contributed by atoms with Crippen LogP contribution >= 0.6 is 12.4 Å². The van der Waals surface area contributed by atoms with Crippen LogP contribution in [-0.4, -0.2) is 29.1 Å². The summed E-state index contributed by atoms with van der Waals surface area (Å²) in [5.74, 6) is 1.03. The van der Waals surface area contributed by atoms with Gasteiger partial charge in [0.2, 0.25) is 0 Å². The first kappa shape index (κ1) is 18.4. The van der Waals surface area contributed by atoms with Crippen LogP contribution in [0.25, 0.3) is 0 Å². The molecule has 23 heavy (non-hydrogen) atoms. The third-order valence-electron chi connectivity index (χ3n) is 6.06. The molecule has 128 valence electrons. The van der Waals surface area contributed by atoms with Gasteiger partial charge in [-0.3, -0.25) is 4.90 Å². The minimum atomic E-state index is 0. The van der Waals surface area contributed by atoms with Gasteiger partial charge in [-0.1, -0.05) is 31.6 Å². The van der Waals surface area contributed by atoms with Gasteiger partial charge in [-0.05, 0) is 74.2 Å². The highest BCUT2D eigenvalue weighted by Crippen LogP contribution is 2.48. The summed E-state index contributed by atoms with van der Waals surface area (Å²) < 4.78 is 0. The zero-order chi connectivity index (χ0) is 15.9. The van der Waals surface area contributed by atoms with Gasteiger partial charge in [0.1, 0.15) is 5.75 Å². The largest absolute Gasteiger partial charge is 0.508 e. The molecule has 0 unspecified atom stereocenters. The normalized spacial score (nSPS) is 29.9. The Hall–Kier alpha value is -0.990. The van der Waals surface area contributed by atoms with Crippen LogP contribution in [-0.2, 0) is 11.8 Å². The third kappa shape index (κ3) is 3.29. The van der Waals surface area contributed by atoms with E-state index < -0.39 is 0 Å². The van der Waals surface area contributed by atoms with Crippen molar-refractivity contribution in [1.82, 2.24) is 4.90 Å². The molecule has 1 aliphatic carbocycles. The number of likely N-dealkylation sites (tertiary alicyclic amines) is 1. The molecule has 3 heteroatoms. The Morgan fingerprint density at radius 1 is 1.39 bits per heavy atom. The highest BCUT2D eigenvalue weighted by atomic mass is 35.5. The lowest BCUT2D eigenvalue weighted by molar-refractivity contribution is 0.130. The van der Waals surface area contributed by atoms with Gasteiger partial charge in [0.25, 0.3) is 0 Å². The zero-order valence-electron chi connectivity index (χ0n) is 14.8. The van der Waals surface area contributed by atoms with Crippen LogP contribution in [0.15, 0.2) is 29.8 Å². The van der Waals surface area contributed by atoms with Crippen LogP contribution in [0.5, 0.6) is 5.75 Å². The van der Waals surface area contributed by atoms with E-state index in [2.05, 4.69) is 44.7 Å². The van der Waals surface area contributed by atoms with Gasteiger partial charge >= 0.3 is 0 Å². The second-order valence-electron chi connectivity index (χ2n) is 7.70. The molecule has 2 nitrogen and oxygen atoms in total. The van der Waals surface area contributed by atoms with E-state index in [0.717, 1.165) is 13.0 Å². The molecule has 0 aromatic heterocycles. The maximum Gasteiger partial charge on any atom is 0.115 e. The molecule has 1 saturated heterocycles. The van der Waals surface area contributed by atoms with Gasteiger partial charge < -0.3 is 5.11 Å². The van der Waals surface area contributed by atoms with Crippen molar-refractivity contribution in [2.24, 2.45) is 5.92 Å². The second kappa shape index (κ2) is 6.86. The number of benzene rings is 1. The molecule has 1 N–H and O–H groups in total. The summed E-state index contributed by atoms with van der Waals surface area (Å²) in [6.07, 6.45) is 5.93. The molecule has 2 bridgehead atoms. The Morgan fingerprint density at radius 3 is 2.83 bits per heavy atom. The minimum Gasteiger partial charge on any atom is -0.508 e. The number of phenolic OH excluding ortho intramolecular Hbond substituents is 1. The smallest absolute Gasteiger partial charge is 0.115 e. The monoisotopic (exact) mass is 335 g/mol. The number of allylic oxidation sites excluding steroid dienone is 1. The number of phenols is 1. The summed E-state index contributed by atoms with van der Waals surface area (Å²) >= 11 is 0. The topological polar surface area (TPSA) is 23.5 Å². The molecular weight excluding hydrogens is 306 g/mol. The van der Waals surface area contributed by atoms with Gasteiger partial charge in [-0.25, -0.2) is 0 Å². The predicted octanol–water partition coefficient (Wildman–Crippen LogP) is 4.69. The first-order chi connectivity index (χ1) is 10.4. The number of aromatic hydroxyl groups is 1. The van der Waals surface area contributed by atoms with E-state index >= 15 is 0 Å². The summed E-state index contributed by atoms with van der Waals surface area (Å²) in [5, 5.41) is 9.94. The maximum atomic E-state index is 9.94. The molecule has 1 heterocycles. The van der Waals surface area contributed by atoms with Gasteiger partial charge in [0, 0.05) is 12.6 Å². The first-order valence-corrected chi connectivity index (χ1v) is 8.61. The van der Waals surface area contributed by atoms with Crippen LogP contribution < -0.4 is 0 Å². The number of rotatable bonds is 2. The quantitative estimate of drug-likeness (QED) is 0.792. The van der Waals surface area contributed by atoms with E-state index in [4.69, 9.17) is 0 Å². The summed E-state index contributed by atoms with van der Waals surface area (Å²) in [4.78, 5) is 2.68. The summed E-state index contributed by atoms with van der Waals surface area (Å²) in [7, 11) is 0. The third-order valence-corrected chi connectivity index (χ3v) is 6.06.